The van der Waals surface area contributed by atoms with E-state index in [2.05, 4.69) is 22.9 Å². The van der Waals surface area contributed by atoms with E-state index in [1.54, 1.807) is 0 Å². The zero-order valence-electron chi connectivity index (χ0n) is 11.3. The van der Waals surface area contributed by atoms with E-state index in [4.69, 9.17) is 5.73 Å². The molecule has 1 fully saturated rings. The molecule has 1 aromatic rings. The Kier molecular flexibility index (Phi) is 5.89. The highest BCUT2D eigenvalue weighted by molar-refractivity contribution is 9.10. The maximum absolute atomic E-state index is 12.5. The first-order valence-electron chi connectivity index (χ1n) is 6.43. The molecule has 0 spiro atoms. The summed E-state index contributed by atoms with van der Waals surface area (Å²) in [7, 11) is 0. The highest BCUT2D eigenvalue weighted by Gasteiger charge is 2.28. The van der Waals surface area contributed by atoms with Crippen LogP contribution in [0.2, 0.25) is 0 Å². The number of carbonyl (C=O) groups excluding carboxylic acids is 1. The van der Waals surface area contributed by atoms with Gasteiger partial charge < -0.3 is 15.2 Å². The third kappa shape index (κ3) is 3.52. The Morgan fingerprint density at radius 1 is 1.58 bits per heavy atom. The van der Waals surface area contributed by atoms with E-state index in [-0.39, 0.29) is 24.4 Å². The van der Waals surface area contributed by atoms with E-state index in [1.165, 1.54) is 0 Å². The summed E-state index contributed by atoms with van der Waals surface area (Å²) in [6, 6.07) is 2.11. The minimum atomic E-state index is 0. The standard InChI is InChI=1S/C13H20BrN3O.ClH/c1-3-16-8-10(14)6-12(16)13(18)17-5-4-11(15)9(2)7-17;/h6,8-9,11H,3-5,7,15H2,1-2H3;1H. The highest BCUT2D eigenvalue weighted by atomic mass is 79.9. The first-order chi connectivity index (χ1) is 8.52. The lowest BCUT2D eigenvalue weighted by Gasteiger charge is -2.35. The zero-order chi connectivity index (χ0) is 13.3. The fraction of sp³-hybridized carbons (Fsp3) is 0.615. The van der Waals surface area contributed by atoms with Gasteiger partial charge in [0.1, 0.15) is 5.69 Å². The Balaban J connectivity index is 0.00000180. The van der Waals surface area contributed by atoms with Crippen LogP contribution in [-0.4, -0.2) is 34.5 Å². The number of rotatable bonds is 2. The van der Waals surface area contributed by atoms with Gasteiger partial charge in [-0.15, -0.1) is 12.4 Å². The van der Waals surface area contributed by atoms with Crippen molar-refractivity contribution in [2.24, 2.45) is 11.7 Å². The number of amides is 1. The van der Waals surface area contributed by atoms with Gasteiger partial charge in [-0.2, -0.15) is 0 Å². The molecular formula is C13H21BrClN3O. The quantitative estimate of drug-likeness (QED) is 0.891. The molecule has 1 aliphatic heterocycles. The number of aryl methyl sites for hydroxylation is 1. The fourth-order valence-corrected chi connectivity index (χ4v) is 2.89. The largest absolute Gasteiger partial charge is 0.343 e. The molecule has 1 saturated heterocycles. The summed E-state index contributed by atoms with van der Waals surface area (Å²) in [6.45, 7) is 6.47. The van der Waals surface area contributed by atoms with Gasteiger partial charge in [0.05, 0.1) is 0 Å². The van der Waals surface area contributed by atoms with Gasteiger partial charge >= 0.3 is 0 Å². The minimum absolute atomic E-state index is 0. The molecule has 0 aromatic carbocycles. The predicted octanol–water partition coefficient (Wildman–Crippen LogP) is 2.50. The second-order valence-electron chi connectivity index (χ2n) is 5.01. The molecule has 108 valence electrons. The van der Waals surface area contributed by atoms with Crippen molar-refractivity contribution in [1.29, 1.82) is 0 Å². The van der Waals surface area contributed by atoms with Crippen LogP contribution in [-0.2, 0) is 6.54 Å². The molecule has 0 saturated carbocycles. The Morgan fingerprint density at radius 3 is 2.84 bits per heavy atom. The van der Waals surface area contributed by atoms with Crippen molar-refractivity contribution < 1.29 is 4.79 Å². The number of nitrogens with zero attached hydrogens (tertiary/aromatic N) is 2. The SMILES string of the molecule is CCn1cc(Br)cc1C(=O)N1CCC(N)C(C)C1.Cl. The van der Waals surface area contributed by atoms with Gasteiger partial charge in [0.25, 0.3) is 5.91 Å². The third-order valence-electron chi connectivity index (χ3n) is 3.68. The number of piperidine rings is 1. The van der Waals surface area contributed by atoms with E-state index in [0.717, 1.165) is 36.2 Å². The van der Waals surface area contributed by atoms with E-state index in [0.29, 0.717) is 5.92 Å². The third-order valence-corrected chi connectivity index (χ3v) is 4.12. The zero-order valence-corrected chi connectivity index (χ0v) is 13.7. The van der Waals surface area contributed by atoms with Crippen LogP contribution in [0.5, 0.6) is 0 Å². The molecule has 19 heavy (non-hydrogen) atoms. The van der Waals surface area contributed by atoms with Crippen LogP contribution in [0.3, 0.4) is 0 Å². The van der Waals surface area contributed by atoms with E-state index in [1.807, 2.05) is 28.7 Å². The maximum Gasteiger partial charge on any atom is 0.270 e. The second-order valence-corrected chi connectivity index (χ2v) is 5.93. The van der Waals surface area contributed by atoms with Crippen LogP contribution in [0.25, 0.3) is 0 Å². The van der Waals surface area contributed by atoms with Gasteiger partial charge in [-0.3, -0.25) is 4.79 Å². The molecule has 1 aliphatic rings. The van der Waals surface area contributed by atoms with Crippen LogP contribution in [0.4, 0.5) is 0 Å². The first kappa shape index (κ1) is 16.5. The predicted molar refractivity (Wildman–Crippen MR) is 82.7 cm³/mol. The highest BCUT2D eigenvalue weighted by Crippen LogP contribution is 2.20. The van der Waals surface area contributed by atoms with Crippen molar-refractivity contribution in [2.75, 3.05) is 13.1 Å². The molecule has 0 radical (unpaired) electrons. The summed E-state index contributed by atoms with van der Waals surface area (Å²) in [5.41, 5.74) is 6.75. The normalized spacial score (nSPS) is 23.1. The van der Waals surface area contributed by atoms with Crippen LogP contribution < -0.4 is 5.73 Å². The lowest BCUT2D eigenvalue weighted by molar-refractivity contribution is 0.0653. The average Bonchev–Trinajstić information content (AvgIpc) is 2.73. The Labute approximate surface area is 128 Å². The summed E-state index contributed by atoms with van der Waals surface area (Å²) in [4.78, 5) is 14.4. The molecule has 2 unspecified atom stereocenters. The number of nitrogens with two attached hydrogens (primary N) is 1. The molecule has 2 N–H and O–H groups in total. The Hall–Kier alpha value is -0.520. The molecule has 1 aromatic heterocycles. The molecular weight excluding hydrogens is 330 g/mol. The average molecular weight is 351 g/mol. The molecule has 4 nitrogen and oxygen atoms in total. The molecule has 6 heteroatoms. The summed E-state index contributed by atoms with van der Waals surface area (Å²) in [6.07, 6.45) is 2.84. The smallest absolute Gasteiger partial charge is 0.270 e. The van der Waals surface area contributed by atoms with E-state index < -0.39 is 0 Å². The number of hydrogen-bond acceptors (Lipinski definition) is 2. The minimum Gasteiger partial charge on any atom is -0.343 e. The summed E-state index contributed by atoms with van der Waals surface area (Å²) < 4.78 is 2.93. The van der Waals surface area contributed by atoms with E-state index >= 15 is 0 Å². The fourth-order valence-electron chi connectivity index (χ4n) is 2.43. The molecule has 2 atom stereocenters. The van der Waals surface area contributed by atoms with Crippen molar-refractivity contribution in [2.45, 2.75) is 32.9 Å². The van der Waals surface area contributed by atoms with Crippen molar-refractivity contribution in [3.05, 3.63) is 22.4 Å². The van der Waals surface area contributed by atoms with Gasteiger partial charge in [-0.1, -0.05) is 6.92 Å². The van der Waals surface area contributed by atoms with E-state index in [9.17, 15) is 4.79 Å². The van der Waals surface area contributed by atoms with Crippen LogP contribution in [0.15, 0.2) is 16.7 Å². The molecule has 2 heterocycles. The maximum atomic E-state index is 12.5. The molecule has 0 aliphatic carbocycles. The molecule has 2 rings (SSSR count). The summed E-state index contributed by atoms with van der Waals surface area (Å²) in [5, 5.41) is 0. The Morgan fingerprint density at radius 2 is 2.26 bits per heavy atom. The van der Waals surface area contributed by atoms with Gasteiger partial charge in [0.15, 0.2) is 0 Å². The Bertz CT molecular complexity index is 449. The van der Waals surface area contributed by atoms with Crippen molar-refractivity contribution in [3.8, 4) is 0 Å². The first-order valence-corrected chi connectivity index (χ1v) is 7.22. The van der Waals surface area contributed by atoms with Crippen molar-refractivity contribution >= 4 is 34.2 Å². The van der Waals surface area contributed by atoms with Crippen LogP contribution in [0, 0.1) is 5.92 Å². The number of aromatic nitrogens is 1. The summed E-state index contributed by atoms with van der Waals surface area (Å²) >= 11 is 3.43. The van der Waals surface area contributed by atoms with Gasteiger partial charge in [-0.05, 0) is 41.3 Å². The van der Waals surface area contributed by atoms with Crippen LogP contribution >= 0.6 is 28.3 Å². The van der Waals surface area contributed by atoms with Crippen LogP contribution in [0.1, 0.15) is 30.8 Å². The van der Waals surface area contributed by atoms with Gasteiger partial charge in [-0.25, -0.2) is 0 Å². The van der Waals surface area contributed by atoms with Crippen molar-refractivity contribution in [1.82, 2.24) is 9.47 Å². The lowest BCUT2D eigenvalue weighted by Crippen LogP contribution is -2.48. The van der Waals surface area contributed by atoms with Crippen molar-refractivity contribution in [3.63, 3.8) is 0 Å². The monoisotopic (exact) mass is 349 g/mol. The second kappa shape index (κ2) is 6.77. The molecule has 1 amide bonds. The number of halogens is 2. The van der Waals surface area contributed by atoms with Gasteiger partial charge in [0.2, 0.25) is 0 Å². The topological polar surface area (TPSA) is 51.3 Å². The lowest BCUT2D eigenvalue weighted by atomic mass is 9.94. The molecule has 0 bridgehead atoms. The summed E-state index contributed by atoms with van der Waals surface area (Å²) in [5.74, 6) is 0.484. The number of likely N-dealkylation sites (tertiary alicyclic amines) is 1. The van der Waals surface area contributed by atoms with Gasteiger partial charge in [0, 0.05) is 36.3 Å². The number of carbonyl (C=O) groups is 1. The number of hydrogen-bond donors (Lipinski definition) is 1.